The number of amides is 2. The van der Waals surface area contributed by atoms with Crippen molar-refractivity contribution in [2.75, 3.05) is 6.54 Å². The largest absolute Gasteiger partial charge is 0.451 e. The molecule has 0 atom stereocenters. The van der Waals surface area contributed by atoms with Crippen molar-refractivity contribution < 1.29 is 27.6 Å². The van der Waals surface area contributed by atoms with Crippen LogP contribution in [-0.2, 0) is 9.59 Å². The summed E-state index contributed by atoms with van der Waals surface area (Å²) in [5.74, 6) is -3.04. The van der Waals surface area contributed by atoms with Crippen LogP contribution >= 0.6 is 11.8 Å². The number of hydrogen-bond donors (Lipinski definition) is 0. The maximum Gasteiger partial charge on any atom is 0.451 e. The zero-order valence-electron chi connectivity index (χ0n) is 12.5. The number of Topliss-reactive ketones (excluding diaryl/α,β-unsaturated/α-hetero) is 1. The van der Waals surface area contributed by atoms with Crippen molar-refractivity contribution in [2.45, 2.75) is 6.18 Å². The number of fused-ring (bicyclic) bond motifs is 1. The number of halogens is 3. The Morgan fingerprint density at radius 3 is 2.44 bits per heavy atom. The molecule has 128 valence electrons. The molecule has 3 rings (SSSR count). The van der Waals surface area contributed by atoms with Gasteiger partial charge in [-0.25, -0.2) is 0 Å². The fourth-order valence-corrected chi connectivity index (χ4v) is 3.16. The predicted octanol–water partition coefficient (Wildman–Crippen LogP) is 4.01. The second kappa shape index (κ2) is 6.36. The molecule has 1 aliphatic heterocycles. The summed E-state index contributed by atoms with van der Waals surface area (Å²) in [5, 5.41) is 1.01. The smallest absolute Gasteiger partial charge is 0.288 e. The molecule has 0 aromatic heterocycles. The van der Waals surface area contributed by atoms with Crippen LogP contribution in [0, 0.1) is 0 Å². The van der Waals surface area contributed by atoms with Crippen molar-refractivity contribution in [2.24, 2.45) is 0 Å². The minimum Gasteiger partial charge on any atom is -0.288 e. The van der Waals surface area contributed by atoms with Gasteiger partial charge in [0.1, 0.15) is 0 Å². The number of nitrogens with zero attached hydrogens (tertiary/aromatic N) is 1. The zero-order chi connectivity index (χ0) is 18.2. The van der Waals surface area contributed by atoms with Gasteiger partial charge in [-0.15, -0.1) is 0 Å². The number of thioether (sulfide) groups is 1. The number of carbonyl (C=O) groups is 3. The van der Waals surface area contributed by atoms with E-state index in [4.69, 9.17) is 0 Å². The van der Waals surface area contributed by atoms with Gasteiger partial charge in [-0.05, 0) is 40.2 Å². The van der Waals surface area contributed by atoms with E-state index in [1.54, 1.807) is 12.1 Å². The lowest BCUT2D eigenvalue weighted by atomic mass is 10.1. The first-order chi connectivity index (χ1) is 11.8. The van der Waals surface area contributed by atoms with Gasteiger partial charge in [-0.2, -0.15) is 13.2 Å². The summed E-state index contributed by atoms with van der Waals surface area (Å²) < 4.78 is 37.0. The van der Waals surface area contributed by atoms with Gasteiger partial charge in [0, 0.05) is 0 Å². The number of imide groups is 1. The van der Waals surface area contributed by atoms with Gasteiger partial charge in [0.25, 0.3) is 16.9 Å². The first-order valence-corrected chi connectivity index (χ1v) is 7.91. The number of benzene rings is 2. The highest BCUT2D eigenvalue weighted by atomic mass is 32.2. The van der Waals surface area contributed by atoms with E-state index >= 15 is 0 Å². The summed E-state index contributed by atoms with van der Waals surface area (Å²) in [4.78, 5) is 35.2. The molecule has 2 amide bonds. The summed E-state index contributed by atoms with van der Waals surface area (Å²) in [6, 6.07) is 12.9. The van der Waals surface area contributed by atoms with E-state index in [0.29, 0.717) is 22.2 Å². The second-order valence-corrected chi connectivity index (χ2v) is 6.29. The Balaban J connectivity index is 1.85. The Hall–Kier alpha value is -2.61. The topological polar surface area (TPSA) is 54.5 Å². The van der Waals surface area contributed by atoms with Crippen molar-refractivity contribution in [3.05, 3.63) is 52.9 Å². The first kappa shape index (κ1) is 17.2. The van der Waals surface area contributed by atoms with Crippen LogP contribution in [0.2, 0.25) is 0 Å². The number of alkyl halides is 3. The van der Waals surface area contributed by atoms with E-state index in [2.05, 4.69) is 0 Å². The zero-order valence-corrected chi connectivity index (χ0v) is 13.4. The lowest BCUT2D eigenvalue weighted by Crippen LogP contribution is -2.39. The van der Waals surface area contributed by atoms with Crippen molar-refractivity contribution >= 4 is 45.5 Å². The molecule has 0 N–H and O–H groups in total. The average molecular weight is 365 g/mol. The molecule has 0 spiro atoms. The highest BCUT2D eigenvalue weighted by Crippen LogP contribution is 2.33. The Morgan fingerprint density at radius 2 is 1.76 bits per heavy atom. The molecule has 1 fully saturated rings. The maximum atomic E-state index is 12.3. The van der Waals surface area contributed by atoms with Crippen LogP contribution in [0.1, 0.15) is 5.56 Å². The van der Waals surface area contributed by atoms with Gasteiger partial charge in [-0.1, -0.05) is 36.4 Å². The van der Waals surface area contributed by atoms with Crippen molar-refractivity contribution in [1.82, 2.24) is 4.90 Å². The summed E-state index contributed by atoms with van der Waals surface area (Å²) in [7, 11) is 0. The van der Waals surface area contributed by atoms with Crippen molar-refractivity contribution in [1.29, 1.82) is 0 Å². The van der Waals surface area contributed by atoms with Crippen LogP contribution < -0.4 is 0 Å². The van der Waals surface area contributed by atoms with Crippen LogP contribution in [0.5, 0.6) is 0 Å². The van der Waals surface area contributed by atoms with E-state index < -0.39 is 29.7 Å². The predicted molar refractivity (Wildman–Crippen MR) is 87.7 cm³/mol. The quantitative estimate of drug-likeness (QED) is 0.772. The maximum absolute atomic E-state index is 12.3. The van der Waals surface area contributed by atoms with E-state index in [1.165, 1.54) is 6.08 Å². The van der Waals surface area contributed by atoms with Gasteiger partial charge in [-0.3, -0.25) is 19.3 Å². The molecule has 2 aromatic carbocycles. The molecular weight excluding hydrogens is 355 g/mol. The molecule has 8 heteroatoms. The third-order valence-electron chi connectivity index (χ3n) is 3.56. The Labute approximate surface area is 144 Å². The van der Waals surface area contributed by atoms with E-state index in [9.17, 15) is 27.6 Å². The Morgan fingerprint density at radius 1 is 1.08 bits per heavy atom. The van der Waals surface area contributed by atoms with Gasteiger partial charge in [0.2, 0.25) is 0 Å². The monoisotopic (exact) mass is 365 g/mol. The molecule has 2 aromatic rings. The van der Waals surface area contributed by atoms with Crippen LogP contribution in [-0.4, -0.2) is 34.6 Å². The lowest BCUT2D eigenvalue weighted by molar-refractivity contribution is -0.171. The van der Waals surface area contributed by atoms with Crippen LogP contribution in [0.25, 0.3) is 16.8 Å². The number of ketones is 1. The molecule has 25 heavy (non-hydrogen) atoms. The molecule has 0 radical (unpaired) electrons. The van der Waals surface area contributed by atoms with Gasteiger partial charge in [0.05, 0.1) is 11.4 Å². The molecule has 0 saturated carbocycles. The van der Waals surface area contributed by atoms with E-state index in [-0.39, 0.29) is 4.91 Å². The van der Waals surface area contributed by atoms with Gasteiger partial charge < -0.3 is 0 Å². The van der Waals surface area contributed by atoms with Gasteiger partial charge in [0.15, 0.2) is 0 Å². The standard InChI is InChI=1S/C17H10F3NO3S/c18-17(19,20)14(22)9-21-15(23)13(25-16(21)24)8-10-5-6-11-3-1-2-4-12(11)7-10/h1-8H,9H2/b13-8-. The molecule has 1 heterocycles. The number of rotatable bonds is 3. The normalized spacial score (nSPS) is 16.9. The Bertz CT molecular complexity index is 921. The summed E-state index contributed by atoms with van der Waals surface area (Å²) in [6.45, 7) is -1.30. The van der Waals surface area contributed by atoms with Crippen LogP contribution in [0.4, 0.5) is 18.0 Å². The summed E-state index contributed by atoms with van der Waals surface area (Å²) in [5.41, 5.74) is 0.631. The van der Waals surface area contributed by atoms with Crippen molar-refractivity contribution in [3.8, 4) is 0 Å². The van der Waals surface area contributed by atoms with Crippen LogP contribution in [0.15, 0.2) is 47.4 Å². The molecule has 0 unspecified atom stereocenters. The molecule has 0 aliphatic carbocycles. The van der Waals surface area contributed by atoms with Crippen molar-refractivity contribution in [3.63, 3.8) is 0 Å². The SMILES string of the molecule is O=C1S/C(=C\c2ccc3ccccc3c2)C(=O)N1CC(=O)C(F)(F)F. The van der Waals surface area contributed by atoms with Crippen LogP contribution in [0.3, 0.4) is 0 Å². The van der Waals surface area contributed by atoms with E-state index in [1.807, 2.05) is 30.3 Å². The highest BCUT2D eigenvalue weighted by Gasteiger charge is 2.44. The first-order valence-electron chi connectivity index (χ1n) is 7.10. The number of hydrogen-bond acceptors (Lipinski definition) is 4. The molecule has 4 nitrogen and oxygen atoms in total. The third kappa shape index (κ3) is 3.58. The molecule has 0 bridgehead atoms. The highest BCUT2D eigenvalue weighted by molar-refractivity contribution is 8.18. The fraction of sp³-hybridized carbons (Fsp3) is 0.118. The van der Waals surface area contributed by atoms with E-state index in [0.717, 1.165) is 10.8 Å². The minimum atomic E-state index is -5.09. The lowest BCUT2D eigenvalue weighted by Gasteiger charge is -2.12. The fourth-order valence-electron chi connectivity index (χ4n) is 2.32. The third-order valence-corrected chi connectivity index (χ3v) is 4.47. The summed E-state index contributed by atoms with van der Waals surface area (Å²) >= 11 is 0.514. The number of carbonyl (C=O) groups excluding carboxylic acids is 3. The average Bonchev–Trinajstić information content (AvgIpc) is 2.81. The second-order valence-electron chi connectivity index (χ2n) is 5.30. The molecular formula is C17H10F3NO3S. The Kier molecular flexibility index (Phi) is 4.38. The summed E-state index contributed by atoms with van der Waals surface area (Å²) in [6.07, 6.45) is -3.66. The minimum absolute atomic E-state index is 0.0183. The van der Waals surface area contributed by atoms with Gasteiger partial charge >= 0.3 is 6.18 Å². The molecule has 1 saturated heterocycles. The molecule has 1 aliphatic rings.